The van der Waals surface area contributed by atoms with Gasteiger partial charge in [0.15, 0.2) is 0 Å². The Balaban J connectivity index is 2.09. The highest BCUT2D eigenvalue weighted by Gasteiger charge is 2.22. The van der Waals surface area contributed by atoms with Crippen LogP contribution in [0.4, 0.5) is 5.69 Å². The van der Waals surface area contributed by atoms with Crippen LogP contribution >= 0.6 is 11.6 Å². The lowest BCUT2D eigenvalue weighted by molar-refractivity contribution is -0.116. The summed E-state index contributed by atoms with van der Waals surface area (Å²) < 4.78 is 6.50. The van der Waals surface area contributed by atoms with E-state index < -0.39 is 11.8 Å². The van der Waals surface area contributed by atoms with E-state index in [1.54, 1.807) is 13.1 Å². The summed E-state index contributed by atoms with van der Waals surface area (Å²) in [5.41, 5.74) is 0.821. The van der Waals surface area contributed by atoms with E-state index in [9.17, 15) is 9.59 Å². The van der Waals surface area contributed by atoms with Crippen LogP contribution in [0.25, 0.3) is 0 Å². The number of amides is 2. The first-order valence-electron chi connectivity index (χ1n) is 7.18. The summed E-state index contributed by atoms with van der Waals surface area (Å²) in [7, 11) is 4.56. The number of hydrogen-bond donors (Lipinski definition) is 1. The van der Waals surface area contributed by atoms with Gasteiger partial charge in [-0.25, -0.2) is 0 Å². The lowest BCUT2D eigenvalue weighted by Crippen LogP contribution is -2.35. The Kier molecular flexibility index (Phi) is 5.62. The number of likely N-dealkylation sites (N-methyl/N-ethyl adjacent to an activating group) is 1. The maximum atomic E-state index is 12.4. The minimum absolute atomic E-state index is 0.182. The average molecular weight is 362 g/mol. The summed E-state index contributed by atoms with van der Waals surface area (Å²) in [5, 5.41) is 16.0. The van der Waals surface area contributed by atoms with Crippen molar-refractivity contribution in [3.05, 3.63) is 40.5 Å². The molecule has 0 aliphatic rings. The molecule has 0 saturated heterocycles. The molecule has 8 nitrogen and oxygen atoms in total. The molecule has 0 unspecified atom stereocenters. The summed E-state index contributed by atoms with van der Waals surface area (Å²) in [6.45, 7) is -0.214. The highest BCUT2D eigenvalue weighted by molar-refractivity contribution is 6.31. The summed E-state index contributed by atoms with van der Waals surface area (Å²) >= 11 is 5.88. The fourth-order valence-corrected chi connectivity index (χ4v) is 2.34. The molecule has 1 heterocycles. The minimum Gasteiger partial charge on any atom is -0.479 e. The Labute approximate surface area is 149 Å². The summed E-state index contributed by atoms with van der Waals surface area (Å²) in [6.07, 6.45) is 1.51. The number of nitrogens with zero attached hydrogens (tertiary/aromatic N) is 4. The highest BCUT2D eigenvalue weighted by atomic mass is 35.5. The summed E-state index contributed by atoms with van der Waals surface area (Å²) in [4.78, 5) is 25.9. The van der Waals surface area contributed by atoms with Gasteiger partial charge in [0, 0.05) is 25.3 Å². The zero-order valence-electron chi connectivity index (χ0n) is 13.9. The zero-order chi connectivity index (χ0) is 18.6. The van der Waals surface area contributed by atoms with Gasteiger partial charge < -0.3 is 15.0 Å². The van der Waals surface area contributed by atoms with E-state index in [1.807, 2.05) is 6.07 Å². The largest absolute Gasteiger partial charge is 0.479 e. The first kappa shape index (κ1) is 18.3. The molecule has 130 valence electrons. The fraction of sp³-hybridized carbons (Fsp3) is 0.250. The molecule has 1 aromatic heterocycles. The smallest absolute Gasteiger partial charge is 0.261 e. The first-order chi connectivity index (χ1) is 11.8. The maximum Gasteiger partial charge on any atom is 0.261 e. The van der Waals surface area contributed by atoms with Gasteiger partial charge in [-0.1, -0.05) is 11.6 Å². The van der Waals surface area contributed by atoms with Crippen LogP contribution in [0, 0.1) is 11.3 Å². The molecule has 25 heavy (non-hydrogen) atoms. The predicted octanol–water partition coefficient (Wildman–Crippen LogP) is 1.66. The second kappa shape index (κ2) is 7.68. The highest BCUT2D eigenvalue weighted by Crippen LogP contribution is 2.21. The zero-order valence-corrected chi connectivity index (χ0v) is 14.7. The number of nitriles is 1. The second-order valence-corrected chi connectivity index (χ2v) is 5.67. The maximum absolute atomic E-state index is 12.4. The number of hydrogen-bond acceptors (Lipinski definition) is 5. The number of carbonyl (C=O) groups excluding carboxylic acids is 2. The third-order valence-corrected chi connectivity index (χ3v) is 3.56. The lowest BCUT2D eigenvalue weighted by atomic mass is 10.2. The van der Waals surface area contributed by atoms with Gasteiger partial charge in [-0.05, 0) is 18.2 Å². The molecule has 2 amide bonds. The molecule has 2 aromatic rings. The van der Waals surface area contributed by atoms with Gasteiger partial charge >= 0.3 is 0 Å². The summed E-state index contributed by atoms with van der Waals surface area (Å²) in [6, 6.07) is 6.51. The Morgan fingerprint density at radius 3 is 2.84 bits per heavy atom. The standard InChI is InChI=1S/C16H16ClN5O3/c1-21(16(24)12-8-22(2)20-15(12)25-3)9-14(23)19-13-6-11(17)5-4-10(13)7-18/h4-6,8H,9H2,1-3H3,(H,19,23). The molecule has 1 N–H and O–H groups in total. The van der Waals surface area contributed by atoms with E-state index in [2.05, 4.69) is 10.4 Å². The van der Waals surface area contributed by atoms with E-state index >= 15 is 0 Å². The molecule has 0 fully saturated rings. The van der Waals surface area contributed by atoms with E-state index in [0.29, 0.717) is 10.7 Å². The Hall–Kier alpha value is -3.05. The van der Waals surface area contributed by atoms with Crippen molar-refractivity contribution in [1.82, 2.24) is 14.7 Å². The number of nitrogens with one attached hydrogen (secondary N) is 1. The minimum atomic E-state index is -0.461. The van der Waals surface area contributed by atoms with Crippen LogP contribution in [0.3, 0.4) is 0 Å². The molecule has 2 rings (SSSR count). The van der Waals surface area contributed by atoms with Crippen LogP contribution in [0.2, 0.25) is 5.02 Å². The molecule has 0 aliphatic heterocycles. The predicted molar refractivity (Wildman–Crippen MR) is 91.5 cm³/mol. The van der Waals surface area contributed by atoms with Crippen LogP contribution in [0.5, 0.6) is 5.88 Å². The molecule has 1 aromatic carbocycles. The molecule has 0 bridgehead atoms. The monoisotopic (exact) mass is 361 g/mol. The van der Waals surface area contributed by atoms with Crippen molar-refractivity contribution in [2.75, 3.05) is 26.0 Å². The van der Waals surface area contributed by atoms with Crippen LogP contribution in [-0.4, -0.2) is 47.2 Å². The lowest BCUT2D eigenvalue weighted by Gasteiger charge is -2.16. The van der Waals surface area contributed by atoms with Gasteiger partial charge in [-0.15, -0.1) is 5.10 Å². The van der Waals surface area contributed by atoms with Crippen molar-refractivity contribution in [2.24, 2.45) is 7.05 Å². The van der Waals surface area contributed by atoms with Crippen molar-refractivity contribution >= 4 is 29.1 Å². The Morgan fingerprint density at radius 1 is 1.48 bits per heavy atom. The molecule has 9 heteroatoms. The molecule has 0 spiro atoms. The molecule has 0 atom stereocenters. The van der Waals surface area contributed by atoms with Gasteiger partial charge in [0.05, 0.1) is 24.9 Å². The van der Waals surface area contributed by atoms with Gasteiger partial charge in [-0.3, -0.25) is 14.3 Å². The molecular formula is C16H16ClN5O3. The number of ether oxygens (including phenoxy) is 1. The van der Waals surface area contributed by atoms with Gasteiger partial charge in [-0.2, -0.15) is 5.26 Å². The van der Waals surface area contributed by atoms with Crippen LogP contribution in [-0.2, 0) is 11.8 Å². The van der Waals surface area contributed by atoms with Crippen molar-refractivity contribution in [2.45, 2.75) is 0 Å². The number of methoxy groups -OCH3 is 1. The molecule has 0 aliphatic carbocycles. The number of benzene rings is 1. The SMILES string of the molecule is COc1nn(C)cc1C(=O)N(C)CC(=O)Nc1cc(Cl)ccc1C#N. The van der Waals surface area contributed by atoms with Crippen LogP contribution in [0.1, 0.15) is 15.9 Å². The third kappa shape index (κ3) is 4.28. The van der Waals surface area contributed by atoms with Gasteiger partial charge in [0.25, 0.3) is 5.91 Å². The van der Waals surface area contributed by atoms with Gasteiger partial charge in [0.2, 0.25) is 11.8 Å². The Morgan fingerprint density at radius 2 is 2.20 bits per heavy atom. The van der Waals surface area contributed by atoms with Crippen LogP contribution < -0.4 is 10.1 Å². The molecular weight excluding hydrogens is 346 g/mol. The summed E-state index contributed by atoms with van der Waals surface area (Å²) in [5.74, 6) is -0.689. The first-order valence-corrected chi connectivity index (χ1v) is 7.56. The van der Waals surface area contributed by atoms with Crippen molar-refractivity contribution in [3.63, 3.8) is 0 Å². The van der Waals surface area contributed by atoms with E-state index in [0.717, 1.165) is 0 Å². The quantitative estimate of drug-likeness (QED) is 0.873. The fourth-order valence-electron chi connectivity index (χ4n) is 2.17. The number of halogens is 1. The van der Waals surface area contributed by atoms with Crippen LogP contribution in [0.15, 0.2) is 24.4 Å². The van der Waals surface area contributed by atoms with Crippen molar-refractivity contribution < 1.29 is 14.3 Å². The van der Waals surface area contributed by atoms with E-state index in [1.165, 1.54) is 42.1 Å². The van der Waals surface area contributed by atoms with E-state index in [4.69, 9.17) is 21.6 Å². The molecule has 0 radical (unpaired) electrons. The second-order valence-electron chi connectivity index (χ2n) is 5.24. The number of aryl methyl sites for hydroxylation is 1. The Bertz CT molecular complexity index is 856. The van der Waals surface area contributed by atoms with E-state index in [-0.39, 0.29) is 23.6 Å². The van der Waals surface area contributed by atoms with Crippen molar-refractivity contribution in [1.29, 1.82) is 5.26 Å². The normalized spacial score (nSPS) is 10.0. The number of carbonyl (C=O) groups is 2. The number of aromatic nitrogens is 2. The van der Waals surface area contributed by atoms with Crippen molar-refractivity contribution in [3.8, 4) is 11.9 Å². The van der Waals surface area contributed by atoms with Gasteiger partial charge in [0.1, 0.15) is 11.6 Å². The number of anilines is 1. The third-order valence-electron chi connectivity index (χ3n) is 3.32. The average Bonchev–Trinajstić information content (AvgIpc) is 2.95. The number of rotatable bonds is 5. The topological polar surface area (TPSA) is 100 Å². The molecule has 0 saturated carbocycles.